The van der Waals surface area contributed by atoms with Gasteiger partial charge in [0.05, 0.1) is 17.7 Å². The van der Waals surface area contributed by atoms with Crippen LogP contribution in [0.15, 0.2) is 4.52 Å². The van der Waals surface area contributed by atoms with Crippen LogP contribution >= 0.6 is 0 Å². The maximum absolute atomic E-state index is 12.0. The Hall–Kier alpha value is -1.85. The molecule has 110 valence electrons. The number of carbonyl (C=O) groups is 2. The Balaban J connectivity index is 1.88. The van der Waals surface area contributed by atoms with Crippen molar-refractivity contribution in [3.05, 3.63) is 17.0 Å². The number of aryl methyl sites for hydroxylation is 2. The van der Waals surface area contributed by atoms with Crippen LogP contribution in [0.25, 0.3) is 0 Å². The number of rotatable bonds is 6. The van der Waals surface area contributed by atoms with Gasteiger partial charge in [0, 0.05) is 12.0 Å². The summed E-state index contributed by atoms with van der Waals surface area (Å²) < 4.78 is 5.05. The third-order valence-electron chi connectivity index (χ3n) is 3.99. The van der Waals surface area contributed by atoms with Crippen LogP contribution in [0.1, 0.15) is 49.1 Å². The van der Waals surface area contributed by atoms with Crippen molar-refractivity contribution in [1.82, 2.24) is 10.5 Å². The molecule has 1 aliphatic rings. The molecular formula is C14H20N2O4. The molecule has 6 nitrogen and oxygen atoms in total. The Morgan fingerprint density at radius 3 is 2.55 bits per heavy atom. The zero-order valence-corrected chi connectivity index (χ0v) is 11.9. The van der Waals surface area contributed by atoms with E-state index in [0.717, 1.165) is 36.3 Å². The Morgan fingerprint density at radius 1 is 1.40 bits per heavy atom. The SMILES string of the molecule is Cc1noc(C)c1CCC(=O)NC1(CC(=O)O)CCC1. The van der Waals surface area contributed by atoms with E-state index in [-0.39, 0.29) is 12.3 Å². The van der Waals surface area contributed by atoms with E-state index in [1.54, 1.807) is 0 Å². The van der Waals surface area contributed by atoms with Crippen LogP contribution < -0.4 is 5.32 Å². The topological polar surface area (TPSA) is 92.4 Å². The Kier molecular flexibility index (Phi) is 4.11. The number of carboxylic acid groups (broad SMARTS) is 1. The van der Waals surface area contributed by atoms with E-state index in [2.05, 4.69) is 10.5 Å². The summed E-state index contributed by atoms with van der Waals surface area (Å²) in [6.07, 6.45) is 3.36. The first-order valence-electron chi connectivity index (χ1n) is 6.86. The lowest BCUT2D eigenvalue weighted by atomic mass is 9.74. The zero-order valence-electron chi connectivity index (χ0n) is 11.9. The number of hydrogen-bond acceptors (Lipinski definition) is 4. The highest BCUT2D eigenvalue weighted by molar-refractivity contribution is 5.78. The molecule has 2 N–H and O–H groups in total. The van der Waals surface area contributed by atoms with Crippen molar-refractivity contribution < 1.29 is 19.2 Å². The third-order valence-corrected chi connectivity index (χ3v) is 3.99. The second-order valence-electron chi connectivity index (χ2n) is 5.56. The number of carbonyl (C=O) groups excluding carboxylic acids is 1. The summed E-state index contributed by atoms with van der Waals surface area (Å²) in [4.78, 5) is 22.8. The quantitative estimate of drug-likeness (QED) is 0.828. The van der Waals surface area contributed by atoms with Gasteiger partial charge in [-0.2, -0.15) is 0 Å². The van der Waals surface area contributed by atoms with Gasteiger partial charge in [-0.25, -0.2) is 0 Å². The molecule has 6 heteroatoms. The number of nitrogens with one attached hydrogen (secondary N) is 1. The molecule has 0 radical (unpaired) electrons. The minimum atomic E-state index is -0.865. The van der Waals surface area contributed by atoms with Crippen LogP contribution in [0.5, 0.6) is 0 Å². The van der Waals surface area contributed by atoms with E-state index in [9.17, 15) is 9.59 Å². The molecule has 0 unspecified atom stereocenters. The number of hydrogen-bond donors (Lipinski definition) is 2. The number of nitrogens with zero attached hydrogens (tertiary/aromatic N) is 1. The summed E-state index contributed by atoms with van der Waals surface area (Å²) in [7, 11) is 0. The van der Waals surface area contributed by atoms with E-state index < -0.39 is 11.5 Å². The van der Waals surface area contributed by atoms with E-state index in [0.29, 0.717) is 12.8 Å². The number of carboxylic acids is 1. The molecule has 0 aliphatic heterocycles. The van der Waals surface area contributed by atoms with Crippen LogP contribution in [0.3, 0.4) is 0 Å². The highest BCUT2D eigenvalue weighted by Crippen LogP contribution is 2.35. The molecule has 1 aromatic heterocycles. The van der Waals surface area contributed by atoms with Crippen molar-refractivity contribution in [2.75, 3.05) is 0 Å². The van der Waals surface area contributed by atoms with Gasteiger partial charge >= 0.3 is 5.97 Å². The van der Waals surface area contributed by atoms with E-state index in [4.69, 9.17) is 9.63 Å². The maximum atomic E-state index is 12.0. The van der Waals surface area contributed by atoms with E-state index in [1.165, 1.54) is 0 Å². The first kappa shape index (κ1) is 14.6. The molecule has 0 saturated heterocycles. The van der Waals surface area contributed by atoms with Gasteiger partial charge in [0.15, 0.2) is 0 Å². The predicted molar refractivity (Wildman–Crippen MR) is 71.3 cm³/mol. The number of aliphatic carboxylic acids is 1. The molecule has 0 bridgehead atoms. The van der Waals surface area contributed by atoms with Crippen LogP contribution in [-0.4, -0.2) is 27.7 Å². The van der Waals surface area contributed by atoms with Crippen molar-refractivity contribution in [1.29, 1.82) is 0 Å². The standard InChI is InChI=1S/C14H20N2O4/c1-9-11(10(2)20-16-9)4-5-12(17)15-14(6-3-7-14)8-13(18)19/h3-8H2,1-2H3,(H,15,17)(H,18,19). The average molecular weight is 280 g/mol. The maximum Gasteiger partial charge on any atom is 0.305 e. The molecule has 1 heterocycles. The molecule has 0 spiro atoms. The molecular weight excluding hydrogens is 260 g/mol. The number of amides is 1. The lowest BCUT2D eigenvalue weighted by Gasteiger charge is -2.41. The van der Waals surface area contributed by atoms with Gasteiger partial charge in [-0.3, -0.25) is 9.59 Å². The largest absolute Gasteiger partial charge is 0.481 e. The van der Waals surface area contributed by atoms with Crippen LogP contribution in [0.4, 0.5) is 0 Å². The monoisotopic (exact) mass is 280 g/mol. The van der Waals surface area contributed by atoms with Gasteiger partial charge in [0.2, 0.25) is 5.91 Å². The Bertz CT molecular complexity index is 498. The lowest BCUT2D eigenvalue weighted by molar-refractivity contribution is -0.140. The van der Waals surface area contributed by atoms with E-state index >= 15 is 0 Å². The highest BCUT2D eigenvalue weighted by atomic mass is 16.5. The molecule has 2 rings (SSSR count). The van der Waals surface area contributed by atoms with Gasteiger partial charge in [0.25, 0.3) is 0 Å². The van der Waals surface area contributed by atoms with E-state index in [1.807, 2.05) is 13.8 Å². The summed E-state index contributed by atoms with van der Waals surface area (Å²) in [6, 6.07) is 0. The molecule has 1 amide bonds. The first-order chi connectivity index (χ1) is 9.42. The Labute approximate surface area is 117 Å². The smallest absolute Gasteiger partial charge is 0.305 e. The van der Waals surface area contributed by atoms with Crippen molar-refractivity contribution in [2.45, 2.75) is 57.9 Å². The highest BCUT2D eigenvalue weighted by Gasteiger charge is 2.40. The predicted octanol–water partition coefficient (Wildman–Crippen LogP) is 1.74. The third kappa shape index (κ3) is 3.18. The first-order valence-corrected chi connectivity index (χ1v) is 6.86. The summed E-state index contributed by atoms with van der Waals surface area (Å²) in [5.41, 5.74) is 1.24. The van der Waals surface area contributed by atoms with Crippen molar-refractivity contribution >= 4 is 11.9 Å². The van der Waals surface area contributed by atoms with Crippen molar-refractivity contribution in [2.24, 2.45) is 0 Å². The van der Waals surface area contributed by atoms with Crippen molar-refractivity contribution in [3.63, 3.8) is 0 Å². The fourth-order valence-corrected chi connectivity index (χ4v) is 2.69. The second kappa shape index (κ2) is 5.64. The summed E-state index contributed by atoms with van der Waals surface area (Å²) in [6.45, 7) is 3.67. The summed E-state index contributed by atoms with van der Waals surface area (Å²) in [5.74, 6) is -0.235. The molecule has 1 aliphatic carbocycles. The molecule has 1 aromatic rings. The summed E-state index contributed by atoms with van der Waals surface area (Å²) in [5, 5.41) is 15.7. The van der Waals surface area contributed by atoms with Crippen molar-refractivity contribution in [3.8, 4) is 0 Å². The van der Waals surface area contributed by atoms with Gasteiger partial charge in [-0.15, -0.1) is 0 Å². The molecule has 0 atom stereocenters. The fourth-order valence-electron chi connectivity index (χ4n) is 2.69. The molecule has 20 heavy (non-hydrogen) atoms. The normalized spacial score (nSPS) is 16.5. The second-order valence-corrected chi connectivity index (χ2v) is 5.56. The average Bonchev–Trinajstić information content (AvgIpc) is 2.63. The molecule has 1 fully saturated rings. The van der Waals surface area contributed by atoms with Gasteiger partial charge < -0.3 is 14.9 Å². The lowest BCUT2D eigenvalue weighted by Crippen LogP contribution is -2.54. The fraction of sp³-hybridized carbons (Fsp3) is 0.643. The van der Waals surface area contributed by atoms with Gasteiger partial charge in [-0.1, -0.05) is 5.16 Å². The molecule has 0 aromatic carbocycles. The minimum absolute atomic E-state index is 0.00403. The number of aromatic nitrogens is 1. The van der Waals surface area contributed by atoms with Crippen LogP contribution in [0.2, 0.25) is 0 Å². The molecule has 1 saturated carbocycles. The minimum Gasteiger partial charge on any atom is -0.481 e. The zero-order chi connectivity index (χ0) is 14.8. The van der Waals surface area contributed by atoms with Gasteiger partial charge in [-0.05, 0) is 39.5 Å². The van der Waals surface area contributed by atoms with Crippen LogP contribution in [0, 0.1) is 13.8 Å². The summed E-state index contributed by atoms with van der Waals surface area (Å²) >= 11 is 0. The Morgan fingerprint density at radius 2 is 2.10 bits per heavy atom. The van der Waals surface area contributed by atoms with Crippen LogP contribution in [-0.2, 0) is 16.0 Å². The van der Waals surface area contributed by atoms with Gasteiger partial charge in [0.1, 0.15) is 5.76 Å².